The zero-order valence-electron chi connectivity index (χ0n) is 13.7. The van der Waals surface area contributed by atoms with Gasteiger partial charge in [0.2, 0.25) is 11.9 Å². The summed E-state index contributed by atoms with van der Waals surface area (Å²) in [4.78, 5) is 26.2. The van der Waals surface area contributed by atoms with Gasteiger partial charge in [-0.15, -0.1) is 0 Å². The average molecular weight is 345 g/mol. The topological polar surface area (TPSA) is 136 Å². The lowest BCUT2D eigenvalue weighted by molar-refractivity contribution is 0.999. The Bertz CT molecular complexity index is 1200. The molecule has 128 valence electrons. The molecule has 4 aromatic rings. The van der Waals surface area contributed by atoms with Gasteiger partial charge in [0.25, 0.3) is 5.56 Å². The van der Waals surface area contributed by atoms with Gasteiger partial charge in [0, 0.05) is 6.54 Å². The first-order valence-electron chi connectivity index (χ1n) is 8.04. The highest BCUT2D eigenvalue weighted by molar-refractivity contribution is 5.93. The molecule has 4 rings (SSSR count). The van der Waals surface area contributed by atoms with E-state index in [0.29, 0.717) is 34.5 Å². The van der Waals surface area contributed by atoms with Gasteiger partial charge in [0.15, 0.2) is 0 Å². The third-order valence-corrected chi connectivity index (χ3v) is 4.12. The van der Waals surface area contributed by atoms with Gasteiger partial charge in [-0.05, 0) is 36.2 Å². The van der Waals surface area contributed by atoms with Crippen molar-refractivity contribution in [2.75, 3.05) is 17.6 Å². The number of nitriles is 1. The van der Waals surface area contributed by atoms with E-state index in [1.54, 1.807) is 24.3 Å². The van der Waals surface area contributed by atoms with Gasteiger partial charge in [-0.2, -0.15) is 5.26 Å². The fourth-order valence-electron chi connectivity index (χ4n) is 2.82. The Morgan fingerprint density at radius 2 is 1.92 bits per heavy atom. The highest BCUT2D eigenvalue weighted by Crippen LogP contribution is 2.19. The molecule has 2 heterocycles. The third-order valence-electron chi connectivity index (χ3n) is 4.12. The van der Waals surface area contributed by atoms with Crippen LogP contribution in [0.1, 0.15) is 11.1 Å². The number of nitrogens with zero attached hydrogens (tertiary/aromatic N) is 3. The van der Waals surface area contributed by atoms with E-state index in [2.05, 4.69) is 31.3 Å². The first kappa shape index (κ1) is 15.7. The molecule has 0 unspecified atom stereocenters. The molecule has 0 spiro atoms. The minimum Gasteiger partial charge on any atom is -0.369 e. The van der Waals surface area contributed by atoms with Gasteiger partial charge in [0.05, 0.1) is 33.6 Å². The van der Waals surface area contributed by atoms with Crippen LogP contribution in [0.3, 0.4) is 0 Å². The zero-order chi connectivity index (χ0) is 18.1. The second kappa shape index (κ2) is 6.22. The zero-order valence-corrected chi connectivity index (χ0v) is 13.7. The second-order valence-corrected chi connectivity index (χ2v) is 5.91. The fourth-order valence-corrected chi connectivity index (χ4v) is 2.82. The first-order valence-corrected chi connectivity index (χ1v) is 8.04. The molecule has 0 saturated heterocycles. The van der Waals surface area contributed by atoms with Crippen LogP contribution in [0.5, 0.6) is 0 Å². The summed E-state index contributed by atoms with van der Waals surface area (Å²) in [6.07, 6.45) is 0.794. The number of nitrogens with two attached hydrogens (primary N) is 1. The number of hydrogen-bond donors (Lipinski definition) is 4. The van der Waals surface area contributed by atoms with Gasteiger partial charge in [-0.1, -0.05) is 12.1 Å². The standard InChI is InChI=1S/C18H15N7O/c19-9-11-3-1-10(2-4-11)5-6-21-18-23-14-7-12-13(8-15(14)24-18)22-17(20)25-16(12)26/h1-4,7-8H,5-6H2,(H2,21,23,24)(H3,20,22,25,26). The molecule has 26 heavy (non-hydrogen) atoms. The van der Waals surface area contributed by atoms with E-state index in [9.17, 15) is 4.79 Å². The van der Waals surface area contributed by atoms with E-state index in [-0.39, 0.29) is 11.5 Å². The molecule has 0 fully saturated rings. The van der Waals surface area contributed by atoms with Crippen LogP contribution in [0.15, 0.2) is 41.2 Å². The smallest absolute Gasteiger partial charge is 0.260 e. The Balaban J connectivity index is 1.53. The lowest BCUT2D eigenvalue weighted by Crippen LogP contribution is -2.10. The Morgan fingerprint density at radius 1 is 1.12 bits per heavy atom. The summed E-state index contributed by atoms with van der Waals surface area (Å²) in [6, 6.07) is 13.0. The van der Waals surface area contributed by atoms with Gasteiger partial charge in [-0.3, -0.25) is 9.78 Å². The van der Waals surface area contributed by atoms with Crippen LogP contribution in [0.25, 0.3) is 21.9 Å². The maximum absolute atomic E-state index is 12.0. The number of aromatic nitrogens is 4. The molecule has 0 aliphatic rings. The van der Waals surface area contributed by atoms with Crippen molar-refractivity contribution in [1.82, 2.24) is 19.9 Å². The number of rotatable bonds is 4. The predicted molar refractivity (Wildman–Crippen MR) is 99.8 cm³/mol. The molecule has 5 N–H and O–H groups in total. The summed E-state index contributed by atoms with van der Waals surface area (Å²) in [7, 11) is 0. The van der Waals surface area contributed by atoms with Crippen LogP contribution >= 0.6 is 0 Å². The van der Waals surface area contributed by atoms with Crippen molar-refractivity contribution in [3.05, 3.63) is 57.9 Å². The van der Waals surface area contributed by atoms with E-state index in [0.717, 1.165) is 17.5 Å². The van der Waals surface area contributed by atoms with E-state index < -0.39 is 0 Å². The SMILES string of the molecule is N#Cc1ccc(CCNc2nc3cc4nc(N)[nH]c(=O)c4cc3[nH]2)cc1. The molecule has 8 nitrogen and oxygen atoms in total. The monoisotopic (exact) mass is 345 g/mol. The molecular weight excluding hydrogens is 330 g/mol. The van der Waals surface area contributed by atoms with Gasteiger partial charge < -0.3 is 16.0 Å². The Morgan fingerprint density at radius 3 is 2.69 bits per heavy atom. The molecule has 0 saturated carbocycles. The predicted octanol–water partition coefficient (Wildman–Crippen LogP) is 1.91. The van der Waals surface area contributed by atoms with E-state index in [1.165, 1.54) is 0 Å². The summed E-state index contributed by atoms with van der Waals surface area (Å²) < 4.78 is 0. The highest BCUT2D eigenvalue weighted by Gasteiger charge is 2.08. The Hall–Kier alpha value is -3.86. The van der Waals surface area contributed by atoms with E-state index >= 15 is 0 Å². The summed E-state index contributed by atoms with van der Waals surface area (Å²) in [5.74, 6) is 0.700. The van der Waals surface area contributed by atoms with Crippen molar-refractivity contribution in [3.8, 4) is 6.07 Å². The van der Waals surface area contributed by atoms with Gasteiger partial charge >= 0.3 is 0 Å². The number of nitrogen functional groups attached to an aromatic ring is 1. The van der Waals surface area contributed by atoms with Crippen molar-refractivity contribution < 1.29 is 0 Å². The lowest BCUT2D eigenvalue weighted by atomic mass is 10.1. The Labute approximate surface area is 147 Å². The molecule has 2 aromatic heterocycles. The molecule has 0 atom stereocenters. The summed E-state index contributed by atoms with van der Waals surface area (Å²) in [6.45, 7) is 0.678. The molecule has 8 heteroatoms. The average Bonchev–Trinajstić information content (AvgIpc) is 3.02. The maximum Gasteiger partial charge on any atom is 0.260 e. The molecule has 0 bridgehead atoms. The normalized spacial score (nSPS) is 10.9. The number of anilines is 2. The minimum atomic E-state index is -0.278. The van der Waals surface area contributed by atoms with Crippen LogP contribution in [0.2, 0.25) is 0 Å². The number of hydrogen-bond acceptors (Lipinski definition) is 6. The second-order valence-electron chi connectivity index (χ2n) is 5.91. The van der Waals surface area contributed by atoms with Crippen LogP contribution < -0.4 is 16.6 Å². The maximum atomic E-state index is 12.0. The molecular formula is C18H15N7O. The van der Waals surface area contributed by atoms with Crippen LogP contribution in [0.4, 0.5) is 11.9 Å². The van der Waals surface area contributed by atoms with Crippen molar-refractivity contribution in [1.29, 1.82) is 5.26 Å². The molecule has 0 aliphatic carbocycles. The van der Waals surface area contributed by atoms with Crippen LogP contribution in [-0.2, 0) is 6.42 Å². The van der Waals surface area contributed by atoms with Crippen molar-refractivity contribution in [2.24, 2.45) is 0 Å². The van der Waals surface area contributed by atoms with Crippen molar-refractivity contribution in [3.63, 3.8) is 0 Å². The summed E-state index contributed by atoms with van der Waals surface area (Å²) in [5, 5.41) is 12.5. The quantitative estimate of drug-likeness (QED) is 0.446. The van der Waals surface area contributed by atoms with Crippen LogP contribution in [-0.4, -0.2) is 26.5 Å². The fraction of sp³-hybridized carbons (Fsp3) is 0.111. The minimum absolute atomic E-state index is 0.0816. The molecule has 0 amide bonds. The number of imidazole rings is 1. The first-order chi connectivity index (χ1) is 12.6. The largest absolute Gasteiger partial charge is 0.369 e. The third kappa shape index (κ3) is 2.93. The number of H-pyrrole nitrogens is 2. The number of benzene rings is 2. The number of nitrogens with one attached hydrogen (secondary N) is 3. The number of fused-ring (bicyclic) bond motifs is 2. The summed E-state index contributed by atoms with van der Waals surface area (Å²) in [5.41, 5.74) is 9.05. The number of aromatic amines is 2. The van der Waals surface area contributed by atoms with E-state index in [1.807, 2.05) is 12.1 Å². The lowest BCUT2D eigenvalue weighted by Gasteiger charge is -2.03. The highest BCUT2D eigenvalue weighted by atomic mass is 16.1. The molecule has 0 radical (unpaired) electrons. The van der Waals surface area contributed by atoms with E-state index in [4.69, 9.17) is 11.0 Å². The van der Waals surface area contributed by atoms with Crippen LogP contribution in [0, 0.1) is 11.3 Å². The van der Waals surface area contributed by atoms with Gasteiger partial charge in [-0.25, -0.2) is 9.97 Å². The molecule has 2 aromatic carbocycles. The molecule has 0 aliphatic heterocycles. The van der Waals surface area contributed by atoms with Crippen molar-refractivity contribution in [2.45, 2.75) is 6.42 Å². The van der Waals surface area contributed by atoms with Crippen molar-refractivity contribution >= 4 is 33.8 Å². The Kier molecular flexibility index (Phi) is 3.74. The van der Waals surface area contributed by atoms with Gasteiger partial charge in [0.1, 0.15) is 0 Å². The summed E-state index contributed by atoms with van der Waals surface area (Å²) >= 11 is 0.